The van der Waals surface area contributed by atoms with Crippen molar-refractivity contribution in [3.8, 4) is 11.5 Å². The number of aryl methyl sites for hydroxylation is 1. The summed E-state index contributed by atoms with van der Waals surface area (Å²) < 4.78 is 16.6. The Balaban J connectivity index is 1.77. The van der Waals surface area contributed by atoms with E-state index < -0.39 is 11.6 Å². The highest BCUT2D eigenvalue weighted by molar-refractivity contribution is 7.80. The van der Waals surface area contributed by atoms with Crippen LogP contribution in [0.25, 0.3) is 0 Å². The summed E-state index contributed by atoms with van der Waals surface area (Å²) in [7, 11) is 0. The normalized spacial score (nSPS) is 15.3. The molecule has 2 aromatic rings. The molecule has 0 atom stereocenters. The smallest absolute Gasteiger partial charge is 0.344 e. The third-order valence-electron chi connectivity index (χ3n) is 4.84. The van der Waals surface area contributed by atoms with Crippen molar-refractivity contribution in [2.45, 2.75) is 46.1 Å². The van der Waals surface area contributed by atoms with Gasteiger partial charge in [-0.05, 0) is 69.2 Å². The molecular formula is C24H29N3O4S. The second-order valence-corrected chi connectivity index (χ2v) is 8.33. The van der Waals surface area contributed by atoms with Crippen LogP contribution in [-0.4, -0.2) is 35.6 Å². The van der Waals surface area contributed by atoms with Crippen molar-refractivity contribution in [1.29, 1.82) is 0 Å². The Morgan fingerprint density at radius 3 is 2.75 bits per heavy atom. The molecule has 8 heteroatoms. The fourth-order valence-corrected chi connectivity index (χ4v) is 3.56. The fraction of sp³-hybridized carbons (Fsp3) is 0.375. The van der Waals surface area contributed by atoms with Crippen LogP contribution in [0.1, 0.15) is 45.2 Å². The van der Waals surface area contributed by atoms with E-state index in [0.717, 1.165) is 23.4 Å². The van der Waals surface area contributed by atoms with E-state index in [2.05, 4.69) is 28.8 Å². The van der Waals surface area contributed by atoms with Gasteiger partial charge in [0, 0.05) is 17.7 Å². The molecule has 3 rings (SSSR count). The summed E-state index contributed by atoms with van der Waals surface area (Å²) in [5.41, 5.74) is 6.22. The Hall–Kier alpha value is -3.13. The molecule has 2 aromatic carbocycles. The molecule has 32 heavy (non-hydrogen) atoms. The molecule has 1 aliphatic rings. The van der Waals surface area contributed by atoms with E-state index in [9.17, 15) is 4.79 Å². The van der Waals surface area contributed by atoms with E-state index in [1.54, 1.807) is 13.0 Å². The van der Waals surface area contributed by atoms with Gasteiger partial charge < -0.3 is 19.5 Å². The zero-order valence-corrected chi connectivity index (χ0v) is 19.7. The predicted molar refractivity (Wildman–Crippen MR) is 130 cm³/mol. The Kier molecular flexibility index (Phi) is 7.69. The molecule has 0 spiro atoms. The number of ether oxygens (including phenoxy) is 3. The minimum Gasteiger partial charge on any atom is -0.487 e. The van der Waals surface area contributed by atoms with Crippen molar-refractivity contribution < 1.29 is 19.0 Å². The highest BCUT2D eigenvalue weighted by Gasteiger charge is 2.31. The second-order valence-electron chi connectivity index (χ2n) is 7.93. The van der Waals surface area contributed by atoms with Crippen molar-refractivity contribution in [3.05, 3.63) is 53.6 Å². The van der Waals surface area contributed by atoms with Gasteiger partial charge in [-0.3, -0.25) is 5.43 Å². The Morgan fingerprint density at radius 1 is 1.22 bits per heavy atom. The number of fused-ring (bicyclic) bond motifs is 1. The number of nitrogens with one attached hydrogen (secondary N) is 2. The van der Waals surface area contributed by atoms with Gasteiger partial charge in [-0.25, -0.2) is 4.79 Å². The van der Waals surface area contributed by atoms with E-state index in [1.165, 1.54) is 5.56 Å². The first-order chi connectivity index (χ1) is 15.3. The number of hydrazone groups is 1. The molecule has 0 fully saturated rings. The molecule has 1 aliphatic heterocycles. The lowest BCUT2D eigenvalue weighted by atomic mass is 9.92. The standard InChI is InChI=1S/C24H29N3O4S/c1-5-16-9-7-8-10-19(16)25-23(32)27-26-20-14-24(3,4)31-21-12-11-17(13-18(20)21)30-15-22(28)29-6-2/h7-13H,5-6,14-15H2,1-4H3,(H2,25,27,32)/b26-20-. The zero-order chi connectivity index (χ0) is 23.1. The lowest BCUT2D eigenvalue weighted by molar-refractivity contribution is -0.145. The number of rotatable bonds is 7. The maximum atomic E-state index is 11.6. The topological polar surface area (TPSA) is 81.2 Å². The van der Waals surface area contributed by atoms with Crippen molar-refractivity contribution in [1.82, 2.24) is 5.43 Å². The molecule has 0 aliphatic carbocycles. The first kappa shape index (κ1) is 23.5. The number of nitrogens with zero attached hydrogens (tertiary/aromatic N) is 1. The monoisotopic (exact) mass is 455 g/mol. The number of hydrogen-bond donors (Lipinski definition) is 2. The summed E-state index contributed by atoms with van der Waals surface area (Å²) >= 11 is 5.45. The van der Waals surface area contributed by atoms with Gasteiger partial charge in [0.25, 0.3) is 0 Å². The lowest BCUT2D eigenvalue weighted by Gasteiger charge is -2.33. The maximum absolute atomic E-state index is 11.6. The van der Waals surface area contributed by atoms with E-state index in [0.29, 0.717) is 29.6 Å². The van der Waals surface area contributed by atoms with Crippen LogP contribution in [-0.2, 0) is 16.0 Å². The van der Waals surface area contributed by atoms with Crippen molar-refractivity contribution >= 4 is 34.7 Å². The third-order valence-corrected chi connectivity index (χ3v) is 5.04. The maximum Gasteiger partial charge on any atom is 0.344 e. The summed E-state index contributed by atoms with van der Waals surface area (Å²) in [5, 5.41) is 8.18. The summed E-state index contributed by atoms with van der Waals surface area (Å²) in [6.45, 7) is 8.02. The van der Waals surface area contributed by atoms with Crippen LogP contribution in [0.3, 0.4) is 0 Å². The molecule has 170 valence electrons. The van der Waals surface area contributed by atoms with Gasteiger partial charge in [0.15, 0.2) is 11.7 Å². The van der Waals surface area contributed by atoms with E-state index in [-0.39, 0.29) is 6.61 Å². The number of esters is 1. The lowest BCUT2D eigenvalue weighted by Crippen LogP contribution is -2.37. The quantitative estimate of drug-likeness (QED) is 0.363. The molecule has 1 heterocycles. The van der Waals surface area contributed by atoms with Gasteiger partial charge in [0.1, 0.15) is 17.1 Å². The second kappa shape index (κ2) is 10.5. The Morgan fingerprint density at radius 2 is 2.00 bits per heavy atom. The van der Waals surface area contributed by atoms with Gasteiger partial charge in [-0.1, -0.05) is 25.1 Å². The highest BCUT2D eigenvalue weighted by atomic mass is 32.1. The summed E-state index contributed by atoms with van der Waals surface area (Å²) in [4.78, 5) is 11.6. The molecule has 0 bridgehead atoms. The molecular weight excluding hydrogens is 426 g/mol. The largest absolute Gasteiger partial charge is 0.487 e. The van der Waals surface area contributed by atoms with Crippen molar-refractivity contribution in [3.63, 3.8) is 0 Å². The molecule has 0 saturated carbocycles. The Labute approximate surface area is 194 Å². The number of thiocarbonyl (C=S) groups is 1. The number of carbonyl (C=O) groups is 1. The van der Waals surface area contributed by atoms with Crippen LogP contribution in [0.2, 0.25) is 0 Å². The fourth-order valence-electron chi connectivity index (χ4n) is 3.41. The predicted octanol–water partition coefficient (Wildman–Crippen LogP) is 4.44. The molecule has 0 radical (unpaired) electrons. The van der Waals surface area contributed by atoms with Gasteiger partial charge in [0.2, 0.25) is 0 Å². The van der Waals surface area contributed by atoms with Crippen LogP contribution >= 0.6 is 12.2 Å². The number of carbonyl (C=O) groups excluding carboxylic acids is 1. The minimum atomic E-state index is -0.426. The number of hydrogen-bond acceptors (Lipinski definition) is 6. The molecule has 0 aromatic heterocycles. The van der Waals surface area contributed by atoms with Crippen LogP contribution in [0.4, 0.5) is 5.69 Å². The van der Waals surface area contributed by atoms with Crippen LogP contribution in [0, 0.1) is 0 Å². The average Bonchev–Trinajstić information content (AvgIpc) is 2.76. The van der Waals surface area contributed by atoms with E-state index in [4.69, 9.17) is 26.4 Å². The minimum absolute atomic E-state index is 0.158. The molecule has 2 N–H and O–H groups in total. The van der Waals surface area contributed by atoms with Gasteiger partial charge >= 0.3 is 5.97 Å². The summed E-state index contributed by atoms with van der Waals surface area (Å²) in [5.74, 6) is 0.813. The van der Waals surface area contributed by atoms with Gasteiger partial charge in [0.05, 0.1) is 12.3 Å². The first-order valence-corrected chi connectivity index (χ1v) is 11.1. The first-order valence-electron chi connectivity index (χ1n) is 10.6. The van der Waals surface area contributed by atoms with Crippen molar-refractivity contribution in [2.24, 2.45) is 5.10 Å². The summed E-state index contributed by atoms with van der Waals surface area (Å²) in [6, 6.07) is 13.4. The highest BCUT2D eigenvalue weighted by Crippen LogP contribution is 2.35. The van der Waals surface area contributed by atoms with Crippen LogP contribution in [0.5, 0.6) is 11.5 Å². The number of anilines is 1. The third kappa shape index (κ3) is 6.20. The molecule has 0 unspecified atom stereocenters. The number of para-hydroxylation sites is 1. The van der Waals surface area contributed by atoms with E-state index in [1.807, 2.05) is 44.2 Å². The zero-order valence-electron chi connectivity index (χ0n) is 18.9. The SMILES string of the molecule is CCOC(=O)COc1ccc2c(c1)/C(=N\NC(=S)Nc1ccccc1CC)CC(C)(C)O2. The Bertz CT molecular complexity index is 1020. The summed E-state index contributed by atoms with van der Waals surface area (Å²) in [6.07, 6.45) is 1.47. The molecule has 0 saturated heterocycles. The average molecular weight is 456 g/mol. The molecule has 0 amide bonds. The van der Waals surface area contributed by atoms with E-state index >= 15 is 0 Å². The molecule has 7 nitrogen and oxygen atoms in total. The van der Waals surface area contributed by atoms with Gasteiger partial charge in [-0.15, -0.1) is 0 Å². The van der Waals surface area contributed by atoms with Crippen LogP contribution in [0.15, 0.2) is 47.6 Å². The number of benzene rings is 2. The van der Waals surface area contributed by atoms with Gasteiger partial charge in [-0.2, -0.15) is 5.10 Å². The van der Waals surface area contributed by atoms with Crippen molar-refractivity contribution in [2.75, 3.05) is 18.5 Å². The van der Waals surface area contributed by atoms with Crippen LogP contribution < -0.4 is 20.2 Å².